The van der Waals surface area contributed by atoms with Crippen LogP contribution in [-0.4, -0.2) is 20.8 Å². The van der Waals surface area contributed by atoms with Crippen molar-refractivity contribution in [1.82, 2.24) is 0 Å². The Morgan fingerprint density at radius 1 is 1.21 bits per heavy atom. The summed E-state index contributed by atoms with van der Waals surface area (Å²) >= 11 is 0. The summed E-state index contributed by atoms with van der Waals surface area (Å²) < 4.78 is 25.2. The van der Waals surface area contributed by atoms with Gasteiger partial charge in [0.1, 0.15) is 0 Å². The molecule has 106 valence electrons. The van der Waals surface area contributed by atoms with E-state index >= 15 is 0 Å². The van der Waals surface area contributed by atoms with Crippen LogP contribution >= 0.6 is 0 Å². The van der Waals surface area contributed by atoms with E-state index < -0.39 is 0 Å². The lowest BCUT2D eigenvalue weighted by atomic mass is 9.78. The van der Waals surface area contributed by atoms with Gasteiger partial charge in [-0.05, 0) is 37.0 Å². The molecule has 1 aromatic rings. The third-order valence-corrected chi connectivity index (χ3v) is 4.29. The first-order chi connectivity index (χ1) is 9.09. The zero-order chi connectivity index (χ0) is 14.0. The monoisotopic (exact) mass is 267 g/mol. The van der Waals surface area contributed by atoms with Crippen LogP contribution in [-0.2, 0) is 5.41 Å². The van der Waals surface area contributed by atoms with Crippen molar-refractivity contribution in [3.8, 4) is 11.5 Å². The number of benzene rings is 1. The third kappa shape index (κ3) is 2.18. The maximum Gasteiger partial charge on any atom is 0.197 e. The van der Waals surface area contributed by atoms with Gasteiger partial charge in [0.25, 0.3) is 0 Å². The van der Waals surface area contributed by atoms with E-state index in [4.69, 9.17) is 15.2 Å². The Bertz CT molecular complexity index is 468. The molecule has 0 unspecified atom stereocenters. The SMILES string of the molecule is COc1c(C)cc(C2(CN)CCCC2)c(F)c1OC. The van der Waals surface area contributed by atoms with Crippen LogP contribution in [0.5, 0.6) is 11.5 Å². The van der Waals surface area contributed by atoms with Crippen molar-refractivity contribution in [1.29, 1.82) is 0 Å². The molecule has 1 saturated carbocycles. The van der Waals surface area contributed by atoms with Gasteiger partial charge >= 0.3 is 0 Å². The Labute approximate surface area is 113 Å². The Balaban J connectivity index is 2.61. The van der Waals surface area contributed by atoms with E-state index in [-0.39, 0.29) is 17.0 Å². The molecule has 0 atom stereocenters. The van der Waals surface area contributed by atoms with Gasteiger partial charge in [0.05, 0.1) is 14.2 Å². The smallest absolute Gasteiger partial charge is 0.197 e. The highest BCUT2D eigenvalue weighted by Crippen LogP contribution is 2.46. The Morgan fingerprint density at radius 2 is 1.79 bits per heavy atom. The largest absolute Gasteiger partial charge is 0.492 e. The molecule has 4 heteroatoms. The van der Waals surface area contributed by atoms with Crippen LogP contribution in [0, 0.1) is 12.7 Å². The van der Waals surface area contributed by atoms with Crippen LogP contribution < -0.4 is 15.2 Å². The van der Waals surface area contributed by atoms with Gasteiger partial charge in [-0.1, -0.05) is 12.8 Å². The summed E-state index contributed by atoms with van der Waals surface area (Å²) in [6.45, 7) is 2.38. The van der Waals surface area contributed by atoms with Gasteiger partial charge in [-0.3, -0.25) is 0 Å². The average molecular weight is 267 g/mol. The topological polar surface area (TPSA) is 44.5 Å². The molecule has 1 fully saturated rings. The van der Waals surface area contributed by atoms with Crippen LogP contribution in [0.15, 0.2) is 6.07 Å². The second-order valence-corrected chi connectivity index (χ2v) is 5.31. The van der Waals surface area contributed by atoms with Crippen LogP contribution in [0.1, 0.15) is 36.8 Å². The van der Waals surface area contributed by atoms with Gasteiger partial charge < -0.3 is 15.2 Å². The molecular weight excluding hydrogens is 245 g/mol. The highest BCUT2D eigenvalue weighted by molar-refractivity contribution is 5.52. The molecule has 0 heterocycles. The number of rotatable bonds is 4. The molecule has 0 amide bonds. The van der Waals surface area contributed by atoms with Crippen molar-refractivity contribution >= 4 is 0 Å². The summed E-state index contributed by atoms with van der Waals surface area (Å²) in [5.41, 5.74) is 7.27. The van der Waals surface area contributed by atoms with E-state index in [1.165, 1.54) is 14.2 Å². The van der Waals surface area contributed by atoms with E-state index in [1.54, 1.807) is 0 Å². The lowest BCUT2D eigenvalue weighted by Gasteiger charge is -2.29. The van der Waals surface area contributed by atoms with Gasteiger partial charge in [-0.15, -0.1) is 0 Å². The molecule has 0 spiro atoms. The third-order valence-electron chi connectivity index (χ3n) is 4.29. The normalized spacial score (nSPS) is 17.5. The summed E-state index contributed by atoms with van der Waals surface area (Å²) in [6.07, 6.45) is 4.08. The van der Waals surface area contributed by atoms with Crippen molar-refractivity contribution in [2.75, 3.05) is 20.8 Å². The van der Waals surface area contributed by atoms with E-state index in [1.807, 2.05) is 13.0 Å². The lowest BCUT2D eigenvalue weighted by Crippen LogP contribution is -2.33. The minimum Gasteiger partial charge on any atom is -0.492 e. The quantitative estimate of drug-likeness (QED) is 0.912. The van der Waals surface area contributed by atoms with E-state index in [9.17, 15) is 4.39 Å². The maximum absolute atomic E-state index is 14.7. The first-order valence-electron chi connectivity index (χ1n) is 6.71. The first kappa shape index (κ1) is 14.1. The number of methoxy groups -OCH3 is 2. The molecule has 3 nitrogen and oxygen atoms in total. The summed E-state index contributed by atoms with van der Waals surface area (Å²) in [5, 5.41) is 0. The summed E-state index contributed by atoms with van der Waals surface area (Å²) in [7, 11) is 2.99. The number of aryl methyl sites for hydroxylation is 1. The molecule has 1 aliphatic carbocycles. The number of nitrogens with two attached hydrogens (primary N) is 1. The summed E-state index contributed by atoms with van der Waals surface area (Å²) in [4.78, 5) is 0. The van der Waals surface area contributed by atoms with Crippen LogP contribution in [0.4, 0.5) is 4.39 Å². The fraction of sp³-hybridized carbons (Fsp3) is 0.600. The molecule has 1 aliphatic rings. The molecule has 0 aliphatic heterocycles. The molecule has 0 bridgehead atoms. The molecule has 0 radical (unpaired) electrons. The second-order valence-electron chi connectivity index (χ2n) is 5.31. The number of halogens is 1. The number of hydrogen-bond acceptors (Lipinski definition) is 3. The molecule has 1 aromatic carbocycles. The van der Waals surface area contributed by atoms with Crippen LogP contribution in [0.2, 0.25) is 0 Å². The zero-order valence-corrected chi connectivity index (χ0v) is 11.9. The van der Waals surface area contributed by atoms with E-state index in [2.05, 4.69) is 0 Å². The van der Waals surface area contributed by atoms with E-state index in [0.29, 0.717) is 17.9 Å². The average Bonchev–Trinajstić information content (AvgIpc) is 2.90. The molecular formula is C15H22FNO2. The van der Waals surface area contributed by atoms with Gasteiger partial charge in [0.2, 0.25) is 0 Å². The number of ether oxygens (including phenoxy) is 2. The summed E-state index contributed by atoms with van der Waals surface area (Å²) in [6, 6.07) is 1.87. The predicted molar refractivity (Wildman–Crippen MR) is 73.4 cm³/mol. The number of hydrogen-bond donors (Lipinski definition) is 1. The van der Waals surface area contributed by atoms with E-state index in [0.717, 1.165) is 31.2 Å². The van der Waals surface area contributed by atoms with Gasteiger partial charge in [-0.2, -0.15) is 0 Å². The molecule has 2 N–H and O–H groups in total. The first-order valence-corrected chi connectivity index (χ1v) is 6.71. The van der Waals surface area contributed by atoms with Crippen LogP contribution in [0.3, 0.4) is 0 Å². The molecule has 0 aromatic heterocycles. The van der Waals surface area contributed by atoms with Crippen molar-refractivity contribution in [2.24, 2.45) is 5.73 Å². The highest BCUT2D eigenvalue weighted by atomic mass is 19.1. The fourth-order valence-electron chi connectivity index (χ4n) is 3.20. The van der Waals surface area contributed by atoms with Gasteiger partial charge in [0, 0.05) is 12.0 Å². The zero-order valence-electron chi connectivity index (χ0n) is 11.9. The minimum absolute atomic E-state index is 0.192. The second kappa shape index (κ2) is 5.37. The Morgan fingerprint density at radius 3 is 2.26 bits per heavy atom. The molecule has 19 heavy (non-hydrogen) atoms. The predicted octanol–water partition coefficient (Wildman–Crippen LogP) is 2.92. The van der Waals surface area contributed by atoms with Crippen molar-refractivity contribution in [3.05, 3.63) is 23.0 Å². The Hall–Kier alpha value is -1.29. The molecule has 2 rings (SSSR count). The standard InChI is InChI=1S/C15H22FNO2/c1-10-8-11(15(9-17)6-4-5-7-15)12(16)14(19-3)13(10)18-2/h8H,4-7,9,17H2,1-3H3. The fourth-order valence-corrected chi connectivity index (χ4v) is 3.20. The summed E-state index contributed by atoms with van der Waals surface area (Å²) in [5.74, 6) is 0.337. The van der Waals surface area contributed by atoms with Gasteiger partial charge in [-0.25, -0.2) is 4.39 Å². The minimum atomic E-state index is -0.322. The van der Waals surface area contributed by atoms with Crippen molar-refractivity contribution < 1.29 is 13.9 Å². The van der Waals surface area contributed by atoms with Gasteiger partial charge in [0.15, 0.2) is 17.3 Å². The molecule has 0 saturated heterocycles. The van der Waals surface area contributed by atoms with Crippen molar-refractivity contribution in [3.63, 3.8) is 0 Å². The highest BCUT2D eigenvalue weighted by Gasteiger charge is 2.38. The van der Waals surface area contributed by atoms with Crippen molar-refractivity contribution in [2.45, 2.75) is 38.0 Å². The van der Waals surface area contributed by atoms with Crippen LogP contribution in [0.25, 0.3) is 0 Å². The maximum atomic E-state index is 14.7. The Kier molecular flexibility index (Phi) is 3.99. The lowest BCUT2D eigenvalue weighted by molar-refractivity contribution is 0.326.